The van der Waals surface area contributed by atoms with Crippen molar-refractivity contribution in [2.45, 2.75) is 116 Å². The van der Waals surface area contributed by atoms with Crippen molar-refractivity contribution in [3.63, 3.8) is 0 Å². The second-order valence-electron chi connectivity index (χ2n) is 11.3. The molecule has 0 bridgehead atoms. The van der Waals surface area contributed by atoms with Crippen molar-refractivity contribution in [2.24, 2.45) is 17.8 Å². The summed E-state index contributed by atoms with van der Waals surface area (Å²) in [6.07, 6.45) is 8.89. The Kier molecular flexibility index (Phi) is 12.4. The topological polar surface area (TPSA) is 102 Å². The van der Waals surface area contributed by atoms with E-state index >= 15 is 0 Å². The molecule has 2 aliphatic rings. The molecule has 1 saturated carbocycles. The number of unbranched alkanes of at least 4 members (excludes halogenated alkanes) is 3. The predicted molar refractivity (Wildman–Crippen MR) is 146 cm³/mol. The molecule has 0 heterocycles. The zero-order valence-electron chi connectivity index (χ0n) is 23.5. The maximum Gasteiger partial charge on any atom is 0.344 e. The molecule has 3 rings (SSSR count). The van der Waals surface area contributed by atoms with Crippen LogP contribution in [0.3, 0.4) is 0 Å². The molecule has 2 aliphatic carbocycles. The highest BCUT2D eigenvalue weighted by molar-refractivity contribution is 5.73. The molecule has 0 spiro atoms. The fourth-order valence-corrected chi connectivity index (χ4v) is 6.16. The largest absolute Gasteiger partial charge is 0.482 e. The summed E-state index contributed by atoms with van der Waals surface area (Å²) in [6.45, 7) is 6.04. The molecule has 0 saturated heterocycles. The summed E-state index contributed by atoms with van der Waals surface area (Å²) in [4.78, 5) is 24.2. The number of carbonyl (C=O) groups is 2. The van der Waals surface area contributed by atoms with E-state index < -0.39 is 12.1 Å². The number of ether oxygens (including phenoxy) is 3. The van der Waals surface area contributed by atoms with Crippen LogP contribution >= 0.6 is 0 Å². The average molecular weight is 533 g/mol. The zero-order valence-corrected chi connectivity index (χ0v) is 23.5. The van der Waals surface area contributed by atoms with Gasteiger partial charge < -0.3 is 24.4 Å². The van der Waals surface area contributed by atoms with Gasteiger partial charge >= 0.3 is 11.9 Å². The first-order chi connectivity index (χ1) is 18.3. The monoisotopic (exact) mass is 532 g/mol. The summed E-state index contributed by atoms with van der Waals surface area (Å²) in [5.41, 5.74) is 2.32. The second-order valence-corrected chi connectivity index (χ2v) is 11.3. The van der Waals surface area contributed by atoms with Gasteiger partial charge in [0, 0.05) is 0 Å². The van der Waals surface area contributed by atoms with E-state index in [-0.39, 0.29) is 37.1 Å². The van der Waals surface area contributed by atoms with Crippen LogP contribution in [0.1, 0.15) is 96.1 Å². The Bertz CT molecular complexity index is 885. The number of aliphatic hydroxyl groups excluding tert-OH is 2. The number of esters is 2. The summed E-state index contributed by atoms with van der Waals surface area (Å²) >= 11 is 0. The van der Waals surface area contributed by atoms with Gasteiger partial charge in [0.2, 0.25) is 0 Å². The highest BCUT2D eigenvalue weighted by atomic mass is 16.6. The Labute approximate surface area is 228 Å². The van der Waals surface area contributed by atoms with Gasteiger partial charge in [0.05, 0.1) is 25.2 Å². The highest BCUT2D eigenvalue weighted by Gasteiger charge is 2.44. The summed E-state index contributed by atoms with van der Waals surface area (Å²) in [6, 6.07) is 5.95. The molecule has 0 amide bonds. The summed E-state index contributed by atoms with van der Waals surface area (Å²) in [5, 5.41) is 21.3. The Morgan fingerprint density at radius 2 is 1.84 bits per heavy atom. The maximum atomic E-state index is 12.4. The molecule has 7 heteroatoms. The molecule has 0 radical (unpaired) electrons. The van der Waals surface area contributed by atoms with Gasteiger partial charge in [-0.05, 0) is 86.8 Å². The Morgan fingerprint density at radius 1 is 1.05 bits per heavy atom. The molecule has 1 aromatic rings. The number of hydrogen-bond donors (Lipinski definition) is 2. The maximum absolute atomic E-state index is 12.4. The lowest BCUT2D eigenvalue weighted by molar-refractivity contribution is -0.155. The minimum Gasteiger partial charge on any atom is -0.482 e. The number of hydrogen-bond acceptors (Lipinski definition) is 7. The number of rotatable bonds is 16. The third-order valence-electron chi connectivity index (χ3n) is 8.21. The minimum atomic E-state index is -0.576. The van der Waals surface area contributed by atoms with Crippen LogP contribution in [-0.4, -0.2) is 53.7 Å². The van der Waals surface area contributed by atoms with Gasteiger partial charge in [-0.15, -0.1) is 0 Å². The third-order valence-corrected chi connectivity index (χ3v) is 8.21. The summed E-state index contributed by atoms with van der Waals surface area (Å²) in [7, 11) is 0. The van der Waals surface area contributed by atoms with Crippen LogP contribution in [0.15, 0.2) is 18.2 Å². The molecule has 214 valence electrons. The Hall–Kier alpha value is -2.12. The van der Waals surface area contributed by atoms with Crippen LogP contribution in [0.2, 0.25) is 0 Å². The Morgan fingerprint density at radius 3 is 2.61 bits per heavy atom. The van der Waals surface area contributed by atoms with E-state index in [1.54, 1.807) is 6.92 Å². The van der Waals surface area contributed by atoms with E-state index in [1.165, 1.54) is 5.56 Å². The predicted octanol–water partition coefficient (Wildman–Crippen LogP) is 5.16. The Balaban J connectivity index is 1.50. The SMILES string of the molecule is CCCCC[C@H](O)CCC1C2Cc3cccc(OCC(=O)OC(C)CC(=O)OCCCC)c3C[C@H]2C[C@H]1O. The van der Waals surface area contributed by atoms with E-state index in [1.807, 2.05) is 19.1 Å². The van der Waals surface area contributed by atoms with Crippen LogP contribution in [-0.2, 0) is 31.9 Å². The van der Waals surface area contributed by atoms with Gasteiger partial charge in [-0.3, -0.25) is 4.79 Å². The first-order valence-electron chi connectivity index (χ1n) is 14.8. The molecule has 1 fully saturated rings. The number of fused-ring (bicyclic) bond motifs is 2. The van der Waals surface area contributed by atoms with Crippen molar-refractivity contribution < 1.29 is 34.0 Å². The highest BCUT2D eigenvalue weighted by Crippen LogP contribution is 2.48. The zero-order chi connectivity index (χ0) is 27.5. The normalized spacial score (nSPS) is 23.7. The number of aliphatic hydroxyl groups is 2. The standard InChI is InChI=1S/C31H48O7/c1-4-6-8-11-24(32)13-14-25-26-17-22-10-9-12-29(27(22)18-23(26)19-28(25)33)37-20-31(35)38-21(3)16-30(34)36-15-7-5-2/h9-10,12,21,23-26,28,32-33H,4-8,11,13-20H2,1-3H3/t21?,23-,24-,25?,26?,28+/m0/s1. The van der Waals surface area contributed by atoms with Gasteiger partial charge in [0.1, 0.15) is 11.9 Å². The fourth-order valence-electron chi connectivity index (χ4n) is 6.16. The van der Waals surface area contributed by atoms with Crippen LogP contribution in [0.5, 0.6) is 5.75 Å². The molecule has 2 N–H and O–H groups in total. The van der Waals surface area contributed by atoms with Crippen LogP contribution in [0.4, 0.5) is 0 Å². The molecule has 38 heavy (non-hydrogen) atoms. The minimum absolute atomic E-state index is 0.0263. The van der Waals surface area contributed by atoms with Gasteiger partial charge in [-0.2, -0.15) is 0 Å². The molecule has 3 unspecified atom stereocenters. The van der Waals surface area contributed by atoms with Crippen molar-refractivity contribution in [3.05, 3.63) is 29.3 Å². The summed E-state index contributed by atoms with van der Waals surface area (Å²) < 4.78 is 16.4. The molecular formula is C31H48O7. The van der Waals surface area contributed by atoms with E-state index in [9.17, 15) is 19.8 Å². The van der Waals surface area contributed by atoms with Crippen molar-refractivity contribution >= 4 is 11.9 Å². The average Bonchev–Trinajstić information content (AvgIpc) is 3.18. The molecule has 7 nitrogen and oxygen atoms in total. The van der Waals surface area contributed by atoms with E-state index in [2.05, 4.69) is 13.0 Å². The molecule has 0 aromatic heterocycles. The van der Waals surface area contributed by atoms with Gasteiger partial charge in [0.25, 0.3) is 0 Å². The van der Waals surface area contributed by atoms with E-state index in [0.29, 0.717) is 24.2 Å². The lowest BCUT2D eigenvalue weighted by Crippen LogP contribution is -2.28. The number of carbonyl (C=O) groups excluding carboxylic acids is 2. The molecule has 6 atom stereocenters. The summed E-state index contributed by atoms with van der Waals surface area (Å²) in [5.74, 6) is 0.791. The molecule has 1 aromatic carbocycles. The quantitative estimate of drug-likeness (QED) is 0.224. The smallest absolute Gasteiger partial charge is 0.344 e. The molecule has 0 aliphatic heterocycles. The fraction of sp³-hybridized carbons (Fsp3) is 0.742. The van der Waals surface area contributed by atoms with Crippen molar-refractivity contribution in [1.29, 1.82) is 0 Å². The van der Waals surface area contributed by atoms with Gasteiger partial charge in [-0.25, -0.2) is 4.79 Å². The number of benzene rings is 1. The lowest BCUT2D eigenvalue weighted by Gasteiger charge is -2.32. The van der Waals surface area contributed by atoms with Gasteiger partial charge in [-0.1, -0.05) is 51.7 Å². The first-order valence-corrected chi connectivity index (χ1v) is 14.8. The second kappa shape index (κ2) is 15.5. The van der Waals surface area contributed by atoms with Crippen molar-refractivity contribution in [3.8, 4) is 5.75 Å². The van der Waals surface area contributed by atoms with Crippen LogP contribution in [0.25, 0.3) is 0 Å². The van der Waals surface area contributed by atoms with Crippen molar-refractivity contribution in [1.82, 2.24) is 0 Å². The molecular weight excluding hydrogens is 484 g/mol. The van der Waals surface area contributed by atoms with Gasteiger partial charge in [0.15, 0.2) is 6.61 Å². The van der Waals surface area contributed by atoms with Crippen LogP contribution < -0.4 is 4.74 Å². The van der Waals surface area contributed by atoms with Crippen LogP contribution in [0, 0.1) is 17.8 Å². The lowest BCUT2D eigenvalue weighted by atomic mass is 9.73. The third kappa shape index (κ3) is 8.98. The first kappa shape index (κ1) is 30.4. The van der Waals surface area contributed by atoms with E-state index in [4.69, 9.17) is 14.2 Å². The van der Waals surface area contributed by atoms with Crippen molar-refractivity contribution in [2.75, 3.05) is 13.2 Å². The van der Waals surface area contributed by atoms with E-state index in [0.717, 1.165) is 76.2 Å².